The summed E-state index contributed by atoms with van der Waals surface area (Å²) in [5.74, 6) is 0.684. The van der Waals surface area contributed by atoms with Gasteiger partial charge in [0.2, 0.25) is 0 Å². The number of hydrogen-bond donors (Lipinski definition) is 1. The fourth-order valence-electron chi connectivity index (χ4n) is 1.88. The maximum Gasteiger partial charge on any atom is 0.0438 e. The van der Waals surface area contributed by atoms with Gasteiger partial charge in [0.15, 0.2) is 0 Å². The predicted molar refractivity (Wildman–Crippen MR) is 72.1 cm³/mol. The van der Waals surface area contributed by atoms with Crippen molar-refractivity contribution in [1.82, 2.24) is 5.32 Å². The SMILES string of the molecule is CCNC(CC(C)C)c1ccc(C)c(Cl)c1. The molecule has 90 valence electrons. The van der Waals surface area contributed by atoms with Crippen molar-refractivity contribution in [1.29, 1.82) is 0 Å². The number of rotatable bonds is 5. The van der Waals surface area contributed by atoms with Gasteiger partial charge < -0.3 is 5.32 Å². The number of benzene rings is 1. The highest BCUT2D eigenvalue weighted by atomic mass is 35.5. The summed E-state index contributed by atoms with van der Waals surface area (Å²) in [6, 6.07) is 6.79. The van der Waals surface area contributed by atoms with E-state index in [0.29, 0.717) is 12.0 Å². The molecule has 16 heavy (non-hydrogen) atoms. The molecular weight excluding hydrogens is 218 g/mol. The van der Waals surface area contributed by atoms with E-state index in [1.165, 1.54) is 5.56 Å². The van der Waals surface area contributed by atoms with Crippen LogP contribution in [-0.4, -0.2) is 6.54 Å². The lowest BCUT2D eigenvalue weighted by Gasteiger charge is -2.21. The summed E-state index contributed by atoms with van der Waals surface area (Å²) in [6.45, 7) is 9.67. The van der Waals surface area contributed by atoms with Crippen LogP contribution < -0.4 is 5.32 Å². The van der Waals surface area contributed by atoms with Crippen molar-refractivity contribution in [2.45, 2.75) is 40.2 Å². The third-order valence-corrected chi connectivity index (χ3v) is 3.16. The van der Waals surface area contributed by atoms with Crippen LogP contribution in [0.15, 0.2) is 18.2 Å². The van der Waals surface area contributed by atoms with Crippen molar-refractivity contribution < 1.29 is 0 Å². The normalized spacial score (nSPS) is 13.1. The Morgan fingerprint density at radius 2 is 2.00 bits per heavy atom. The summed E-state index contributed by atoms with van der Waals surface area (Å²) in [6.07, 6.45) is 1.15. The zero-order valence-corrected chi connectivity index (χ0v) is 11.4. The van der Waals surface area contributed by atoms with Gasteiger partial charge in [0, 0.05) is 11.1 Å². The Kier molecular flexibility index (Phi) is 5.30. The molecule has 2 heteroatoms. The first-order valence-electron chi connectivity index (χ1n) is 6.04. The van der Waals surface area contributed by atoms with Crippen molar-refractivity contribution >= 4 is 11.6 Å². The lowest BCUT2D eigenvalue weighted by molar-refractivity contribution is 0.438. The van der Waals surface area contributed by atoms with E-state index < -0.39 is 0 Å². The van der Waals surface area contributed by atoms with E-state index in [0.717, 1.165) is 23.6 Å². The summed E-state index contributed by atoms with van der Waals surface area (Å²) >= 11 is 6.17. The van der Waals surface area contributed by atoms with Crippen molar-refractivity contribution in [2.24, 2.45) is 5.92 Å². The Bertz CT molecular complexity index is 334. The molecule has 0 saturated heterocycles. The molecule has 0 aliphatic carbocycles. The minimum Gasteiger partial charge on any atom is -0.310 e. The first-order chi connectivity index (χ1) is 7.54. The van der Waals surface area contributed by atoms with E-state index in [1.54, 1.807) is 0 Å². The lowest BCUT2D eigenvalue weighted by Crippen LogP contribution is -2.22. The molecule has 1 unspecified atom stereocenters. The number of halogens is 1. The van der Waals surface area contributed by atoms with Crippen molar-refractivity contribution in [3.8, 4) is 0 Å². The van der Waals surface area contributed by atoms with Gasteiger partial charge in [-0.1, -0.05) is 44.5 Å². The van der Waals surface area contributed by atoms with Gasteiger partial charge in [0.05, 0.1) is 0 Å². The van der Waals surface area contributed by atoms with E-state index in [9.17, 15) is 0 Å². The van der Waals surface area contributed by atoms with E-state index in [2.05, 4.69) is 44.3 Å². The van der Waals surface area contributed by atoms with Crippen LogP contribution in [0.3, 0.4) is 0 Å². The van der Waals surface area contributed by atoms with Crippen LogP contribution in [0, 0.1) is 12.8 Å². The maximum atomic E-state index is 6.17. The van der Waals surface area contributed by atoms with Gasteiger partial charge in [-0.05, 0) is 43.0 Å². The van der Waals surface area contributed by atoms with Crippen molar-refractivity contribution in [3.63, 3.8) is 0 Å². The van der Waals surface area contributed by atoms with Crippen LogP contribution in [0.4, 0.5) is 0 Å². The molecule has 0 aliphatic heterocycles. The van der Waals surface area contributed by atoms with Crippen LogP contribution in [0.25, 0.3) is 0 Å². The number of nitrogens with one attached hydrogen (secondary N) is 1. The molecule has 1 N–H and O–H groups in total. The second kappa shape index (κ2) is 6.27. The summed E-state index contributed by atoms with van der Waals surface area (Å²) in [5, 5.41) is 4.38. The third-order valence-electron chi connectivity index (χ3n) is 2.76. The Labute approximate surface area is 104 Å². The zero-order chi connectivity index (χ0) is 12.1. The molecule has 0 fully saturated rings. The minimum absolute atomic E-state index is 0.420. The highest BCUT2D eigenvalue weighted by Gasteiger charge is 2.12. The Balaban J connectivity index is 2.87. The van der Waals surface area contributed by atoms with Gasteiger partial charge in [0.25, 0.3) is 0 Å². The average molecular weight is 240 g/mol. The molecule has 0 aromatic heterocycles. The van der Waals surface area contributed by atoms with Gasteiger partial charge in [0.1, 0.15) is 0 Å². The summed E-state index contributed by atoms with van der Waals surface area (Å²) < 4.78 is 0. The predicted octanol–water partition coefficient (Wildman–Crippen LogP) is 4.35. The minimum atomic E-state index is 0.420. The summed E-state index contributed by atoms with van der Waals surface area (Å²) in [5.41, 5.74) is 2.44. The first kappa shape index (κ1) is 13.5. The van der Waals surface area contributed by atoms with E-state index >= 15 is 0 Å². The van der Waals surface area contributed by atoms with Crippen molar-refractivity contribution in [2.75, 3.05) is 6.54 Å². The van der Waals surface area contributed by atoms with E-state index in [1.807, 2.05) is 6.92 Å². The van der Waals surface area contributed by atoms with E-state index in [-0.39, 0.29) is 0 Å². The van der Waals surface area contributed by atoms with Crippen LogP contribution in [0.5, 0.6) is 0 Å². The summed E-state index contributed by atoms with van der Waals surface area (Å²) in [7, 11) is 0. The standard InChI is InChI=1S/C14H22ClN/c1-5-16-14(8-10(2)3)12-7-6-11(4)13(15)9-12/h6-7,9-10,14,16H,5,8H2,1-4H3. The Morgan fingerprint density at radius 3 is 2.50 bits per heavy atom. The Hall–Kier alpha value is -0.530. The molecule has 0 spiro atoms. The second-order valence-electron chi connectivity index (χ2n) is 4.75. The fourth-order valence-corrected chi connectivity index (χ4v) is 2.07. The first-order valence-corrected chi connectivity index (χ1v) is 6.41. The number of hydrogen-bond acceptors (Lipinski definition) is 1. The second-order valence-corrected chi connectivity index (χ2v) is 5.16. The fraction of sp³-hybridized carbons (Fsp3) is 0.571. The van der Waals surface area contributed by atoms with Gasteiger partial charge in [-0.15, -0.1) is 0 Å². The molecule has 0 heterocycles. The highest BCUT2D eigenvalue weighted by Crippen LogP contribution is 2.25. The molecule has 1 nitrogen and oxygen atoms in total. The Morgan fingerprint density at radius 1 is 1.31 bits per heavy atom. The van der Waals surface area contributed by atoms with Crippen LogP contribution in [0.2, 0.25) is 5.02 Å². The average Bonchev–Trinajstić information content (AvgIpc) is 2.21. The molecule has 1 aromatic carbocycles. The van der Waals surface area contributed by atoms with Gasteiger partial charge >= 0.3 is 0 Å². The topological polar surface area (TPSA) is 12.0 Å². The molecule has 0 aliphatic rings. The molecule has 0 radical (unpaired) electrons. The molecule has 1 atom stereocenters. The largest absolute Gasteiger partial charge is 0.310 e. The molecular formula is C14H22ClN. The smallest absolute Gasteiger partial charge is 0.0438 e. The van der Waals surface area contributed by atoms with Crippen LogP contribution in [0.1, 0.15) is 44.4 Å². The third kappa shape index (κ3) is 3.80. The molecule has 1 aromatic rings. The van der Waals surface area contributed by atoms with Crippen molar-refractivity contribution in [3.05, 3.63) is 34.3 Å². The highest BCUT2D eigenvalue weighted by molar-refractivity contribution is 6.31. The van der Waals surface area contributed by atoms with E-state index in [4.69, 9.17) is 11.6 Å². The lowest BCUT2D eigenvalue weighted by atomic mass is 9.96. The molecule has 0 saturated carbocycles. The van der Waals surface area contributed by atoms with Gasteiger partial charge in [-0.3, -0.25) is 0 Å². The summed E-state index contributed by atoms with van der Waals surface area (Å²) in [4.78, 5) is 0. The van der Waals surface area contributed by atoms with Crippen LogP contribution >= 0.6 is 11.6 Å². The molecule has 1 rings (SSSR count). The zero-order valence-electron chi connectivity index (χ0n) is 10.7. The molecule has 0 bridgehead atoms. The molecule has 0 amide bonds. The monoisotopic (exact) mass is 239 g/mol. The number of aryl methyl sites for hydroxylation is 1. The quantitative estimate of drug-likeness (QED) is 0.806. The maximum absolute atomic E-state index is 6.17. The van der Waals surface area contributed by atoms with Gasteiger partial charge in [-0.25, -0.2) is 0 Å². The van der Waals surface area contributed by atoms with Gasteiger partial charge in [-0.2, -0.15) is 0 Å². The van der Waals surface area contributed by atoms with Crippen LogP contribution in [-0.2, 0) is 0 Å².